The Bertz CT molecular complexity index is 724. The lowest BCUT2D eigenvalue weighted by atomic mass is 9.99. The maximum atomic E-state index is 9.77. The monoisotopic (exact) mass is 313 g/mol. The van der Waals surface area contributed by atoms with Crippen LogP contribution >= 0.6 is 11.3 Å². The van der Waals surface area contributed by atoms with Crippen LogP contribution in [0, 0.1) is 0 Å². The predicted molar refractivity (Wildman–Crippen MR) is 90.8 cm³/mol. The first-order valence-electron chi connectivity index (χ1n) is 7.34. The van der Waals surface area contributed by atoms with Gasteiger partial charge in [0.25, 0.3) is 5.19 Å². The SMILES string of the molecule is CC(C)(O)CCc1ccc(Oc2nc3ccccc3s2)cc1. The van der Waals surface area contributed by atoms with Gasteiger partial charge in [-0.25, -0.2) is 4.98 Å². The molecule has 3 nitrogen and oxygen atoms in total. The predicted octanol–water partition coefficient (Wildman–Crippen LogP) is 4.79. The maximum absolute atomic E-state index is 9.77. The van der Waals surface area contributed by atoms with Gasteiger partial charge in [0.1, 0.15) is 5.75 Å². The van der Waals surface area contributed by atoms with Crippen molar-refractivity contribution < 1.29 is 9.84 Å². The second kappa shape index (κ2) is 6.07. The van der Waals surface area contributed by atoms with Crippen molar-refractivity contribution in [3.63, 3.8) is 0 Å². The molecule has 22 heavy (non-hydrogen) atoms. The Morgan fingerprint density at radius 1 is 1.09 bits per heavy atom. The zero-order valence-corrected chi connectivity index (χ0v) is 13.6. The molecule has 1 heterocycles. The number of thiazole rings is 1. The van der Waals surface area contributed by atoms with Gasteiger partial charge >= 0.3 is 0 Å². The molecule has 0 radical (unpaired) electrons. The maximum Gasteiger partial charge on any atom is 0.279 e. The molecule has 0 saturated heterocycles. The summed E-state index contributed by atoms with van der Waals surface area (Å²) in [6.07, 6.45) is 1.59. The van der Waals surface area contributed by atoms with Gasteiger partial charge in [0, 0.05) is 0 Å². The van der Waals surface area contributed by atoms with Crippen LogP contribution in [0.4, 0.5) is 0 Å². The summed E-state index contributed by atoms with van der Waals surface area (Å²) < 4.78 is 6.95. The van der Waals surface area contributed by atoms with Gasteiger partial charge in [-0.3, -0.25) is 0 Å². The van der Waals surface area contributed by atoms with E-state index in [-0.39, 0.29) is 0 Å². The summed E-state index contributed by atoms with van der Waals surface area (Å²) in [5.74, 6) is 0.783. The van der Waals surface area contributed by atoms with Gasteiger partial charge in [-0.15, -0.1) is 0 Å². The van der Waals surface area contributed by atoms with Crippen molar-refractivity contribution in [1.29, 1.82) is 0 Å². The van der Waals surface area contributed by atoms with Crippen molar-refractivity contribution in [2.75, 3.05) is 0 Å². The van der Waals surface area contributed by atoms with E-state index in [4.69, 9.17) is 4.74 Å². The summed E-state index contributed by atoms with van der Waals surface area (Å²) in [6, 6.07) is 16.0. The fourth-order valence-corrected chi connectivity index (χ4v) is 3.00. The Morgan fingerprint density at radius 2 is 1.82 bits per heavy atom. The summed E-state index contributed by atoms with van der Waals surface area (Å²) in [5.41, 5.74) is 1.53. The molecule has 3 aromatic rings. The van der Waals surface area contributed by atoms with E-state index in [1.54, 1.807) is 11.3 Å². The van der Waals surface area contributed by atoms with E-state index >= 15 is 0 Å². The standard InChI is InChI=1S/C18H19NO2S/c1-18(2,20)12-11-13-7-9-14(10-8-13)21-17-19-15-5-3-4-6-16(15)22-17/h3-10,20H,11-12H2,1-2H3. The molecule has 0 spiro atoms. The van der Waals surface area contributed by atoms with E-state index in [1.165, 1.54) is 5.56 Å². The molecule has 3 rings (SSSR count). The minimum absolute atomic E-state index is 0.629. The molecule has 1 N–H and O–H groups in total. The Kier molecular flexibility index (Phi) is 4.14. The Labute approximate surface area is 134 Å². The lowest BCUT2D eigenvalue weighted by Gasteiger charge is -2.16. The fourth-order valence-electron chi connectivity index (χ4n) is 2.17. The van der Waals surface area contributed by atoms with E-state index < -0.39 is 5.60 Å². The third kappa shape index (κ3) is 3.84. The summed E-state index contributed by atoms with van der Waals surface area (Å²) in [5, 5.41) is 10.4. The molecule has 0 atom stereocenters. The smallest absolute Gasteiger partial charge is 0.279 e. The molecule has 0 unspecified atom stereocenters. The normalized spacial score (nSPS) is 11.8. The number of aromatic nitrogens is 1. The van der Waals surface area contributed by atoms with Gasteiger partial charge in [-0.1, -0.05) is 35.6 Å². The van der Waals surface area contributed by atoms with Crippen molar-refractivity contribution in [3.05, 3.63) is 54.1 Å². The van der Waals surface area contributed by atoms with Crippen molar-refractivity contribution in [3.8, 4) is 10.9 Å². The van der Waals surface area contributed by atoms with E-state index in [9.17, 15) is 5.11 Å². The van der Waals surface area contributed by atoms with Crippen molar-refractivity contribution >= 4 is 21.6 Å². The number of hydrogen-bond donors (Lipinski definition) is 1. The quantitative estimate of drug-likeness (QED) is 0.736. The molecule has 0 fully saturated rings. The molecule has 0 aliphatic carbocycles. The lowest BCUT2D eigenvalue weighted by Crippen LogP contribution is -2.19. The number of aryl methyl sites for hydroxylation is 1. The van der Waals surface area contributed by atoms with Gasteiger partial charge in [0.05, 0.1) is 15.8 Å². The van der Waals surface area contributed by atoms with Crippen LogP contribution < -0.4 is 4.74 Å². The number of rotatable bonds is 5. The average molecular weight is 313 g/mol. The van der Waals surface area contributed by atoms with Crippen LogP contribution in [0.15, 0.2) is 48.5 Å². The fraction of sp³-hybridized carbons (Fsp3) is 0.278. The Balaban J connectivity index is 1.68. The molecule has 0 aliphatic heterocycles. The third-order valence-electron chi connectivity index (χ3n) is 3.43. The average Bonchev–Trinajstić information content (AvgIpc) is 2.88. The number of aliphatic hydroxyl groups is 1. The lowest BCUT2D eigenvalue weighted by molar-refractivity contribution is 0.0714. The van der Waals surface area contributed by atoms with Crippen molar-refractivity contribution in [2.45, 2.75) is 32.3 Å². The Hall–Kier alpha value is -1.91. The first-order valence-corrected chi connectivity index (χ1v) is 8.16. The van der Waals surface area contributed by atoms with E-state index in [1.807, 2.05) is 62.4 Å². The minimum Gasteiger partial charge on any atom is -0.431 e. The topological polar surface area (TPSA) is 42.4 Å². The van der Waals surface area contributed by atoms with Crippen LogP contribution in [0.25, 0.3) is 10.2 Å². The molecule has 1 aromatic heterocycles. The van der Waals surface area contributed by atoms with E-state index in [0.29, 0.717) is 5.19 Å². The molecule has 0 bridgehead atoms. The summed E-state index contributed by atoms with van der Waals surface area (Å²) in [6.45, 7) is 3.66. The van der Waals surface area contributed by atoms with E-state index in [2.05, 4.69) is 4.98 Å². The molecular weight excluding hydrogens is 294 g/mol. The number of nitrogens with zero attached hydrogens (tertiary/aromatic N) is 1. The molecule has 4 heteroatoms. The summed E-state index contributed by atoms with van der Waals surface area (Å²) in [4.78, 5) is 4.46. The second-order valence-electron chi connectivity index (χ2n) is 6.01. The van der Waals surface area contributed by atoms with Crippen molar-refractivity contribution in [2.24, 2.45) is 0 Å². The molecule has 0 saturated carbocycles. The van der Waals surface area contributed by atoms with Crippen molar-refractivity contribution in [1.82, 2.24) is 4.98 Å². The molecule has 2 aromatic carbocycles. The second-order valence-corrected chi connectivity index (χ2v) is 7.00. The molecular formula is C18H19NO2S. The minimum atomic E-state index is -0.629. The van der Waals surface area contributed by atoms with Gasteiger partial charge in [-0.2, -0.15) is 0 Å². The first-order chi connectivity index (χ1) is 10.5. The van der Waals surface area contributed by atoms with Gasteiger partial charge < -0.3 is 9.84 Å². The number of benzene rings is 2. The van der Waals surface area contributed by atoms with Crippen LogP contribution in [0.3, 0.4) is 0 Å². The number of ether oxygens (including phenoxy) is 1. The highest BCUT2D eigenvalue weighted by molar-refractivity contribution is 7.20. The van der Waals surface area contributed by atoms with Gasteiger partial charge in [0.15, 0.2) is 0 Å². The van der Waals surface area contributed by atoms with Crippen LogP contribution in [0.2, 0.25) is 0 Å². The van der Waals surface area contributed by atoms with Gasteiger partial charge in [0.2, 0.25) is 0 Å². The summed E-state index contributed by atoms with van der Waals surface area (Å²) >= 11 is 1.54. The zero-order chi connectivity index (χ0) is 15.6. The highest BCUT2D eigenvalue weighted by Crippen LogP contribution is 2.31. The largest absolute Gasteiger partial charge is 0.431 e. The highest BCUT2D eigenvalue weighted by Gasteiger charge is 2.12. The molecule has 0 aliphatic rings. The Morgan fingerprint density at radius 3 is 2.50 bits per heavy atom. The van der Waals surface area contributed by atoms with Gasteiger partial charge in [-0.05, 0) is 56.5 Å². The van der Waals surface area contributed by atoms with Crippen LogP contribution in [0.1, 0.15) is 25.8 Å². The molecule has 0 amide bonds. The summed E-state index contributed by atoms with van der Waals surface area (Å²) in [7, 11) is 0. The van der Waals surface area contributed by atoms with Crippen LogP contribution in [0.5, 0.6) is 10.9 Å². The number of hydrogen-bond acceptors (Lipinski definition) is 4. The third-order valence-corrected chi connectivity index (χ3v) is 4.34. The van der Waals surface area contributed by atoms with Crippen LogP contribution in [-0.2, 0) is 6.42 Å². The molecule has 114 valence electrons. The number of para-hydroxylation sites is 1. The zero-order valence-electron chi connectivity index (χ0n) is 12.7. The highest BCUT2D eigenvalue weighted by atomic mass is 32.1. The van der Waals surface area contributed by atoms with E-state index in [0.717, 1.165) is 28.8 Å². The first kappa shape index (κ1) is 15.0. The number of fused-ring (bicyclic) bond motifs is 1. The van der Waals surface area contributed by atoms with Crippen LogP contribution in [-0.4, -0.2) is 15.7 Å².